The molecule has 19 heavy (non-hydrogen) atoms. The zero-order chi connectivity index (χ0) is 14.2. The van der Waals surface area contributed by atoms with Gasteiger partial charge in [-0.25, -0.2) is 13.8 Å². The molecule has 0 amide bonds. The number of pyridine rings is 1. The number of aliphatic hydroxyl groups is 1. The molecule has 1 N–H and O–H groups in total. The van der Waals surface area contributed by atoms with Gasteiger partial charge in [0.2, 0.25) is 0 Å². The van der Waals surface area contributed by atoms with Crippen molar-refractivity contribution < 1.29 is 13.9 Å². The molecule has 1 aliphatic carbocycles. The molecule has 2 fully saturated rings. The topological polar surface area (TPSA) is 36.4 Å². The molecular weight excluding hydrogens is 250 g/mol. The highest BCUT2D eigenvalue weighted by molar-refractivity contribution is 5.45. The van der Waals surface area contributed by atoms with Crippen LogP contribution in [-0.2, 0) is 6.61 Å². The van der Waals surface area contributed by atoms with E-state index >= 15 is 0 Å². The number of aromatic nitrogens is 1. The van der Waals surface area contributed by atoms with E-state index < -0.39 is 17.8 Å². The second kappa shape index (κ2) is 5.04. The minimum Gasteiger partial charge on any atom is -0.392 e. The van der Waals surface area contributed by atoms with Crippen molar-refractivity contribution in [1.82, 2.24) is 4.98 Å². The summed E-state index contributed by atoms with van der Waals surface area (Å²) >= 11 is 0. The van der Waals surface area contributed by atoms with Crippen LogP contribution in [0.15, 0.2) is 12.1 Å². The standard InChI is InChI=1S/C12H14F2N2O.C2H6/c1-7-8(6-17)2-3-11(15-7)16-4-9-10(5-16)12(9,13)14;1-2/h2-3,9-10,17H,4-6H2,1H3;1-2H3. The molecular formula is C14H20F2N2O. The van der Waals surface area contributed by atoms with Crippen molar-refractivity contribution in [2.45, 2.75) is 33.3 Å². The van der Waals surface area contributed by atoms with Crippen molar-refractivity contribution in [3.63, 3.8) is 0 Å². The smallest absolute Gasteiger partial charge is 0.258 e. The molecule has 1 saturated carbocycles. The number of piperidine rings is 1. The average Bonchev–Trinajstić information content (AvgIpc) is 2.81. The molecule has 5 heteroatoms. The van der Waals surface area contributed by atoms with Crippen molar-refractivity contribution in [3.8, 4) is 0 Å². The molecule has 106 valence electrons. The lowest BCUT2D eigenvalue weighted by Gasteiger charge is -2.21. The number of hydrogen-bond donors (Lipinski definition) is 1. The van der Waals surface area contributed by atoms with Gasteiger partial charge in [0.15, 0.2) is 0 Å². The number of alkyl halides is 2. The minimum atomic E-state index is -2.45. The van der Waals surface area contributed by atoms with Crippen LogP contribution < -0.4 is 4.90 Å². The summed E-state index contributed by atoms with van der Waals surface area (Å²) in [6.07, 6.45) is 0. The van der Waals surface area contributed by atoms with Crippen LogP contribution in [0.3, 0.4) is 0 Å². The van der Waals surface area contributed by atoms with Gasteiger partial charge in [0, 0.05) is 18.8 Å². The molecule has 0 bridgehead atoms. The van der Waals surface area contributed by atoms with Gasteiger partial charge in [-0.1, -0.05) is 19.9 Å². The van der Waals surface area contributed by atoms with E-state index in [4.69, 9.17) is 5.11 Å². The van der Waals surface area contributed by atoms with Gasteiger partial charge >= 0.3 is 0 Å². The normalized spacial score (nSPS) is 26.5. The van der Waals surface area contributed by atoms with Gasteiger partial charge in [-0.3, -0.25) is 0 Å². The Morgan fingerprint density at radius 3 is 2.37 bits per heavy atom. The molecule has 3 rings (SSSR count). The fourth-order valence-corrected chi connectivity index (χ4v) is 2.61. The van der Waals surface area contributed by atoms with Gasteiger partial charge in [-0.2, -0.15) is 0 Å². The maximum absolute atomic E-state index is 13.0. The summed E-state index contributed by atoms with van der Waals surface area (Å²) in [6.45, 7) is 6.56. The third kappa shape index (κ3) is 2.31. The molecule has 0 aromatic carbocycles. The maximum Gasteiger partial charge on any atom is 0.258 e. The van der Waals surface area contributed by atoms with Gasteiger partial charge in [-0.05, 0) is 18.6 Å². The quantitative estimate of drug-likeness (QED) is 0.897. The van der Waals surface area contributed by atoms with Crippen LogP contribution in [0.4, 0.5) is 14.6 Å². The molecule has 2 heterocycles. The van der Waals surface area contributed by atoms with Gasteiger partial charge < -0.3 is 10.0 Å². The number of fused-ring (bicyclic) bond motifs is 1. The molecule has 2 unspecified atom stereocenters. The van der Waals surface area contributed by atoms with E-state index in [-0.39, 0.29) is 6.61 Å². The highest BCUT2D eigenvalue weighted by Gasteiger charge is 2.71. The molecule has 1 saturated heterocycles. The predicted molar refractivity (Wildman–Crippen MR) is 70.4 cm³/mol. The summed E-state index contributed by atoms with van der Waals surface area (Å²) < 4.78 is 26.1. The van der Waals surface area contributed by atoms with Crippen molar-refractivity contribution in [2.24, 2.45) is 11.8 Å². The number of nitrogens with zero attached hydrogens (tertiary/aromatic N) is 2. The zero-order valence-corrected chi connectivity index (χ0v) is 11.5. The largest absolute Gasteiger partial charge is 0.392 e. The average molecular weight is 270 g/mol. The molecule has 0 spiro atoms. The SMILES string of the molecule is CC.Cc1nc(N2CC3C(C2)C3(F)F)ccc1CO. The Balaban J connectivity index is 0.000000637. The number of aryl methyl sites for hydroxylation is 1. The van der Waals surface area contributed by atoms with Crippen molar-refractivity contribution in [1.29, 1.82) is 0 Å². The zero-order valence-electron chi connectivity index (χ0n) is 11.5. The summed E-state index contributed by atoms with van der Waals surface area (Å²) in [5.74, 6) is -2.68. The summed E-state index contributed by atoms with van der Waals surface area (Å²) in [4.78, 5) is 6.25. The first-order valence-corrected chi connectivity index (χ1v) is 6.74. The molecule has 3 nitrogen and oxygen atoms in total. The minimum absolute atomic E-state index is 0.0393. The monoisotopic (exact) mass is 270 g/mol. The Hall–Kier alpha value is -1.23. The van der Waals surface area contributed by atoms with Crippen LogP contribution in [0.2, 0.25) is 0 Å². The van der Waals surface area contributed by atoms with Gasteiger partial charge in [-0.15, -0.1) is 0 Å². The lowest BCUT2D eigenvalue weighted by atomic mass is 10.2. The lowest BCUT2D eigenvalue weighted by molar-refractivity contribution is 0.0797. The fourth-order valence-electron chi connectivity index (χ4n) is 2.61. The van der Waals surface area contributed by atoms with E-state index in [1.165, 1.54) is 0 Å². The Morgan fingerprint density at radius 2 is 1.89 bits per heavy atom. The molecule has 0 radical (unpaired) electrons. The number of halogens is 2. The second-order valence-corrected chi connectivity index (χ2v) is 4.86. The molecule has 2 atom stereocenters. The van der Waals surface area contributed by atoms with Crippen LogP contribution in [0.5, 0.6) is 0 Å². The summed E-state index contributed by atoms with van der Waals surface area (Å²) in [7, 11) is 0. The summed E-state index contributed by atoms with van der Waals surface area (Å²) in [5, 5.41) is 9.04. The van der Waals surface area contributed by atoms with Gasteiger partial charge in [0.25, 0.3) is 5.92 Å². The number of aliphatic hydroxyl groups excluding tert-OH is 1. The Bertz CT molecular complexity index is 451. The van der Waals surface area contributed by atoms with Crippen LogP contribution in [-0.4, -0.2) is 29.1 Å². The summed E-state index contributed by atoms with van der Waals surface area (Å²) in [5.41, 5.74) is 1.54. The van der Waals surface area contributed by atoms with Gasteiger partial charge in [0.05, 0.1) is 18.4 Å². The van der Waals surface area contributed by atoms with E-state index in [2.05, 4.69) is 4.98 Å². The molecule has 1 aromatic rings. The first-order valence-electron chi connectivity index (χ1n) is 6.74. The third-order valence-electron chi connectivity index (χ3n) is 3.87. The van der Waals surface area contributed by atoms with E-state index in [1.807, 2.05) is 25.7 Å². The van der Waals surface area contributed by atoms with Gasteiger partial charge in [0.1, 0.15) is 5.82 Å². The van der Waals surface area contributed by atoms with Crippen molar-refractivity contribution in [2.75, 3.05) is 18.0 Å². The number of hydrogen-bond acceptors (Lipinski definition) is 3. The second-order valence-electron chi connectivity index (χ2n) is 4.86. The van der Waals surface area contributed by atoms with E-state index in [9.17, 15) is 8.78 Å². The highest BCUT2D eigenvalue weighted by atomic mass is 19.3. The van der Waals surface area contributed by atoms with Crippen molar-refractivity contribution >= 4 is 5.82 Å². The first-order chi connectivity index (χ1) is 9.04. The fraction of sp³-hybridized carbons (Fsp3) is 0.643. The lowest BCUT2D eigenvalue weighted by Crippen LogP contribution is -2.28. The van der Waals surface area contributed by atoms with Crippen LogP contribution in [0.25, 0.3) is 0 Å². The third-order valence-corrected chi connectivity index (χ3v) is 3.87. The number of rotatable bonds is 2. The molecule has 1 aromatic heterocycles. The van der Waals surface area contributed by atoms with E-state index in [0.29, 0.717) is 13.1 Å². The maximum atomic E-state index is 13.0. The van der Waals surface area contributed by atoms with E-state index in [0.717, 1.165) is 17.1 Å². The Morgan fingerprint density at radius 1 is 1.32 bits per heavy atom. The summed E-state index contributed by atoms with van der Waals surface area (Å²) in [6, 6.07) is 3.60. The van der Waals surface area contributed by atoms with Crippen molar-refractivity contribution in [3.05, 3.63) is 23.4 Å². The highest BCUT2D eigenvalue weighted by Crippen LogP contribution is 2.59. The first kappa shape index (κ1) is 14.2. The van der Waals surface area contributed by atoms with Crippen LogP contribution >= 0.6 is 0 Å². The predicted octanol–water partition coefficient (Wildman–Crippen LogP) is 2.61. The van der Waals surface area contributed by atoms with Crippen LogP contribution in [0, 0.1) is 18.8 Å². The number of anilines is 1. The van der Waals surface area contributed by atoms with Crippen LogP contribution in [0.1, 0.15) is 25.1 Å². The Labute approximate surface area is 112 Å². The Kier molecular flexibility index (Phi) is 3.76. The van der Waals surface area contributed by atoms with E-state index in [1.54, 1.807) is 12.1 Å². The molecule has 1 aliphatic heterocycles. The molecule has 2 aliphatic rings.